The van der Waals surface area contributed by atoms with Crippen molar-refractivity contribution < 1.29 is 13.2 Å². The number of ether oxygens (including phenoxy) is 1. The number of likely N-dealkylation sites (tertiary alicyclic amines) is 1. The number of nitrogens with zero attached hydrogens (tertiary/aromatic N) is 3. The van der Waals surface area contributed by atoms with E-state index in [2.05, 4.69) is 19.8 Å². The molecule has 0 bridgehead atoms. The minimum atomic E-state index is -3.36. The van der Waals surface area contributed by atoms with Gasteiger partial charge in [-0.25, -0.2) is 13.1 Å². The average molecular weight is 528 g/mol. The molecule has 0 saturated carbocycles. The summed E-state index contributed by atoms with van der Waals surface area (Å²) in [7, 11) is -3.36. The summed E-state index contributed by atoms with van der Waals surface area (Å²) in [5, 5.41) is 10.5. The van der Waals surface area contributed by atoms with Crippen LogP contribution in [0.1, 0.15) is 50.3 Å². The van der Waals surface area contributed by atoms with Crippen molar-refractivity contribution >= 4 is 27.0 Å². The highest BCUT2D eigenvalue weighted by Crippen LogP contribution is 2.40. The van der Waals surface area contributed by atoms with Crippen LogP contribution in [0.25, 0.3) is 21.1 Å². The molecule has 36 heavy (non-hydrogen) atoms. The Morgan fingerprint density at radius 2 is 1.94 bits per heavy atom. The van der Waals surface area contributed by atoms with Gasteiger partial charge in [0.1, 0.15) is 15.8 Å². The molecule has 10 heteroatoms. The van der Waals surface area contributed by atoms with Crippen molar-refractivity contribution in [3.63, 3.8) is 0 Å². The molecule has 0 unspecified atom stereocenters. The Morgan fingerprint density at radius 1 is 1.17 bits per heavy atom. The summed E-state index contributed by atoms with van der Waals surface area (Å²) in [4.78, 5) is 2.23. The molecule has 2 aliphatic rings. The Morgan fingerprint density at radius 3 is 2.69 bits per heavy atom. The van der Waals surface area contributed by atoms with Crippen molar-refractivity contribution in [3.05, 3.63) is 47.5 Å². The Balaban J connectivity index is 1.32. The van der Waals surface area contributed by atoms with E-state index in [9.17, 15) is 8.42 Å². The molecule has 1 saturated heterocycles. The Labute approximate surface area is 216 Å². The molecule has 8 nitrogen and oxygen atoms in total. The molecule has 1 atom stereocenters. The average Bonchev–Trinajstić information content (AvgIpc) is 3.60. The van der Waals surface area contributed by atoms with Crippen molar-refractivity contribution in [2.75, 3.05) is 31.1 Å². The maximum Gasteiger partial charge on any atom is 0.213 e. The number of aromatic nitrogens is 2. The third-order valence-electron chi connectivity index (χ3n) is 6.74. The number of anilines is 1. The van der Waals surface area contributed by atoms with Crippen LogP contribution in [0.15, 0.2) is 36.4 Å². The molecule has 5 rings (SSSR count). The van der Waals surface area contributed by atoms with Crippen LogP contribution in [0.5, 0.6) is 5.75 Å². The Bertz CT molecular complexity index is 1330. The summed E-state index contributed by atoms with van der Waals surface area (Å²) < 4.78 is 34.3. The second-order valence-electron chi connectivity index (χ2n) is 9.78. The van der Waals surface area contributed by atoms with Gasteiger partial charge >= 0.3 is 0 Å². The third kappa shape index (κ3) is 5.56. The third-order valence-corrected chi connectivity index (χ3v) is 9.11. The number of rotatable bonds is 9. The van der Waals surface area contributed by atoms with Crippen LogP contribution in [-0.2, 0) is 16.4 Å². The first kappa shape index (κ1) is 25.1. The molecule has 2 heterocycles. The van der Waals surface area contributed by atoms with Crippen molar-refractivity contribution in [2.24, 2.45) is 0 Å². The predicted molar refractivity (Wildman–Crippen MR) is 145 cm³/mol. The molecule has 1 aromatic heterocycles. The van der Waals surface area contributed by atoms with E-state index in [1.165, 1.54) is 11.3 Å². The summed E-state index contributed by atoms with van der Waals surface area (Å²) in [6.45, 7) is 6.52. The fourth-order valence-corrected chi connectivity index (χ4v) is 7.19. The first-order chi connectivity index (χ1) is 17.3. The van der Waals surface area contributed by atoms with Gasteiger partial charge in [0, 0.05) is 23.7 Å². The molecule has 1 fully saturated rings. The van der Waals surface area contributed by atoms with E-state index < -0.39 is 10.0 Å². The molecule has 0 radical (unpaired) electrons. The maximum atomic E-state index is 12.8. The molecule has 1 aliphatic carbocycles. The number of benzene rings is 2. The fraction of sp³-hybridized carbons (Fsp3) is 0.462. The molecule has 3 N–H and O–H groups in total. The van der Waals surface area contributed by atoms with Gasteiger partial charge in [0.2, 0.25) is 10.0 Å². The van der Waals surface area contributed by atoms with Gasteiger partial charge in [-0.1, -0.05) is 29.5 Å². The van der Waals surface area contributed by atoms with Gasteiger partial charge in [0.15, 0.2) is 0 Å². The van der Waals surface area contributed by atoms with Crippen molar-refractivity contribution in [2.45, 2.75) is 51.7 Å². The lowest BCUT2D eigenvalue weighted by Gasteiger charge is -2.18. The van der Waals surface area contributed by atoms with E-state index in [1.54, 1.807) is 0 Å². The normalized spacial score (nSPS) is 18.1. The van der Waals surface area contributed by atoms with Crippen LogP contribution >= 0.6 is 11.3 Å². The summed E-state index contributed by atoms with van der Waals surface area (Å²) in [6.07, 6.45) is 3.91. The summed E-state index contributed by atoms with van der Waals surface area (Å²) in [6, 6.07) is 11.5. The maximum absolute atomic E-state index is 12.8. The van der Waals surface area contributed by atoms with Crippen molar-refractivity contribution in [3.8, 4) is 26.9 Å². The smallest absolute Gasteiger partial charge is 0.213 e. The van der Waals surface area contributed by atoms with Gasteiger partial charge in [-0.05, 0) is 81.9 Å². The molecule has 1 aliphatic heterocycles. The lowest BCUT2D eigenvalue weighted by molar-refractivity contribution is 0.244. The SMILES string of the molecule is CC(C)Oc1ccc(-c2nnc(-c3cccc4c3CC[C@@H]4NS(=O)(=O)CCN3CCCC3)s2)cc1N. The molecular weight excluding hydrogens is 494 g/mol. The van der Waals surface area contributed by atoms with E-state index >= 15 is 0 Å². The molecule has 192 valence electrons. The van der Waals surface area contributed by atoms with Gasteiger partial charge < -0.3 is 15.4 Å². The van der Waals surface area contributed by atoms with E-state index in [1.807, 2.05) is 50.2 Å². The molecule has 3 aromatic rings. The zero-order valence-electron chi connectivity index (χ0n) is 20.7. The standard InChI is InChI=1S/C26H33N5O3S2/c1-17(2)34-24-11-8-18(16-22(24)27)25-28-29-26(35-25)21-7-5-6-20-19(21)9-10-23(20)30-36(32,33)15-14-31-12-3-4-13-31/h5-8,11,16-17,23,30H,3-4,9-10,12-15,27H2,1-2H3/t23-/m0/s1. The van der Waals surface area contributed by atoms with Crippen molar-refractivity contribution in [1.82, 2.24) is 19.8 Å². The number of nitrogen functional groups attached to an aromatic ring is 1. The van der Waals surface area contributed by atoms with E-state index in [4.69, 9.17) is 10.5 Å². The number of nitrogens with two attached hydrogens (primary N) is 1. The largest absolute Gasteiger partial charge is 0.489 e. The van der Waals surface area contributed by atoms with Gasteiger partial charge in [-0.2, -0.15) is 0 Å². The van der Waals surface area contributed by atoms with Gasteiger partial charge in [0.05, 0.1) is 17.5 Å². The highest BCUT2D eigenvalue weighted by Gasteiger charge is 2.29. The minimum absolute atomic E-state index is 0.0461. The zero-order valence-corrected chi connectivity index (χ0v) is 22.4. The lowest BCUT2D eigenvalue weighted by atomic mass is 10.0. The minimum Gasteiger partial charge on any atom is -0.489 e. The molecule has 0 spiro atoms. The summed E-state index contributed by atoms with van der Waals surface area (Å²) in [5.41, 5.74) is 10.9. The van der Waals surface area contributed by atoms with Crippen LogP contribution in [-0.4, -0.2) is 55.0 Å². The number of nitrogens with one attached hydrogen (secondary N) is 1. The summed E-state index contributed by atoms with van der Waals surface area (Å²) in [5.74, 6) is 0.802. The molecular formula is C26H33N5O3S2. The second-order valence-corrected chi connectivity index (χ2v) is 12.6. The van der Waals surface area contributed by atoms with Crippen LogP contribution in [0.3, 0.4) is 0 Å². The van der Waals surface area contributed by atoms with Crippen molar-refractivity contribution in [1.29, 1.82) is 0 Å². The molecule has 0 amide bonds. The quantitative estimate of drug-likeness (QED) is 0.400. The van der Waals surface area contributed by atoms with Crippen LogP contribution < -0.4 is 15.2 Å². The van der Waals surface area contributed by atoms with E-state index in [0.29, 0.717) is 18.0 Å². The second kappa shape index (κ2) is 10.5. The van der Waals surface area contributed by atoms with Crippen LogP contribution in [0, 0.1) is 0 Å². The highest BCUT2D eigenvalue weighted by atomic mass is 32.2. The Hall–Kier alpha value is -2.53. The highest BCUT2D eigenvalue weighted by molar-refractivity contribution is 7.89. The van der Waals surface area contributed by atoms with Gasteiger partial charge in [-0.15, -0.1) is 10.2 Å². The van der Waals surface area contributed by atoms with Crippen LogP contribution in [0.2, 0.25) is 0 Å². The summed E-state index contributed by atoms with van der Waals surface area (Å²) >= 11 is 1.51. The first-order valence-corrected chi connectivity index (χ1v) is 15.0. The monoisotopic (exact) mass is 527 g/mol. The Kier molecular flexibility index (Phi) is 7.30. The van der Waals surface area contributed by atoms with E-state index in [0.717, 1.165) is 71.0 Å². The molecule has 2 aromatic carbocycles. The number of fused-ring (bicyclic) bond motifs is 1. The number of hydrogen-bond donors (Lipinski definition) is 2. The topological polar surface area (TPSA) is 110 Å². The first-order valence-electron chi connectivity index (χ1n) is 12.5. The zero-order chi connectivity index (χ0) is 25.3. The van der Waals surface area contributed by atoms with Gasteiger partial charge in [-0.3, -0.25) is 0 Å². The number of sulfonamides is 1. The fourth-order valence-electron chi connectivity index (χ4n) is 5.00. The van der Waals surface area contributed by atoms with Crippen LogP contribution in [0.4, 0.5) is 5.69 Å². The predicted octanol–water partition coefficient (Wildman–Crippen LogP) is 4.24. The number of hydrogen-bond acceptors (Lipinski definition) is 8. The lowest BCUT2D eigenvalue weighted by Crippen LogP contribution is -2.35. The van der Waals surface area contributed by atoms with E-state index in [-0.39, 0.29) is 17.9 Å². The van der Waals surface area contributed by atoms with Gasteiger partial charge in [0.25, 0.3) is 0 Å².